The average molecular weight is 229 g/mol. The first-order chi connectivity index (χ1) is 8.25. The van der Waals surface area contributed by atoms with Gasteiger partial charge in [0, 0.05) is 17.5 Å². The summed E-state index contributed by atoms with van der Waals surface area (Å²) in [6.07, 6.45) is 6.79. The number of ketones is 1. The minimum absolute atomic E-state index is 0.205. The summed E-state index contributed by atoms with van der Waals surface area (Å²) >= 11 is 0. The number of rotatable bonds is 3. The van der Waals surface area contributed by atoms with Crippen LogP contribution in [0.5, 0.6) is 0 Å². The minimum Gasteiger partial charge on any atom is -0.329 e. The van der Waals surface area contributed by atoms with Gasteiger partial charge in [-0.05, 0) is 55.7 Å². The highest BCUT2D eigenvalue weighted by Crippen LogP contribution is 2.47. The molecule has 0 aliphatic heterocycles. The second kappa shape index (κ2) is 3.95. The number of carbonyl (C=O) groups is 1. The molecule has 0 bridgehead atoms. The van der Waals surface area contributed by atoms with Crippen molar-refractivity contribution in [3.63, 3.8) is 0 Å². The Hall–Kier alpha value is -1.15. The molecule has 2 nitrogen and oxygen atoms in total. The number of aryl methyl sites for hydroxylation is 2. The van der Waals surface area contributed by atoms with Crippen LogP contribution in [0.3, 0.4) is 0 Å². The molecule has 0 amide bonds. The van der Waals surface area contributed by atoms with Crippen LogP contribution in [0.15, 0.2) is 18.2 Å². The predicted octanol–water partition coefficient (Wildman–Crippen LogP) is 2.49. The largest absolute Gasteiger partial charge is 0.329 e. The van der Waals surface area contributed by atoms with Gasteiger partial charge in [-0.15, -0.1) is 0 Å². The van der Waals surface area contributed by atoms with Crippen LogP contribution in [0.4, 0.5) is 0 Å². The minimum atomic E-state index is -0.205. The van der Waals surface area contributed by atoms with E-state index in [1.54, 1.807) is 0 Å². The molecule has 2 N–H and O–H groups in total. The van der Waals surface area contributed by atoms with Gasteiger partial charge in [0.05, 0.1) is 0 Å². The maximum atomic E-state index is 12.4. The molecule has 1 aromatic carbocycles. The highest BCUT2D eigenvalue weighted by atomic mass is 16.1. The van der Waals surface area contributed by atoms with Gasteiger partial charge in [-0.25, -0.2) is 0 Å². The van der Waals surface area contributed by atoms with E-state index in [0.717, 1.165) is 24.8 Å². The van der Waals surface area contributed by atoms with Crippen molar-refractivity contribution in [3.8, 4) is 0 Å². The van der Waals surface area contributed by atoms with Crippen molar-refractivity contribution < 1.29 is 4.79 Å². The number of Topliss-reactive ketones (excluding diaryl/α,β-unsaturated/α-hetero) is 1. The van der Waals surface area contributed by atoms with Gasteiger partial charge in [0.15, 0.2) is 5.78 Å². The topological polar surface area (TPSA) is 43.1 Å². The molecule has 90 valence electrons. The van der Waals surface area contributed by atoms with Gasteiger partial charge < -0.3 is 5.73 Å². The fourth-order valence-electron chi connectivity index (χ4n) is 2.86. The van der Waals surface area contributed by atoms with Gasteiger partial charge in [0.1, 0.15) is 0 Å². The van der Waals surface area contributed by atoms with Crippen LogP contribution in [0.1, 0.15) is 47.2 Å². The van der Waals surface area contributed by atoms with Crippen molar-refractivity contribution in [2.24, 2.45) is 11.1 Å². The molecule has 0 radical (unpaired) electrons. The summed E-state index contributed by atoms with van der Waals surface area (Å²) in [6, 6.07) is 6.27. The van der Waals surface area contributed by atoms with Crippen molar-refractivity contribution >= 4 is 5.78 Å². The monoisotopic (exact) mass is 229 g/mol. The van der Waals surface area contributed by atoms with E-state index in [-0.39, 0.29) is 11.2 Å². The quantitative estimate of drug-likeness (QED) is 0.809. The van der Waals surface area contributed by atoms with E-state index in [9.17, 15) is 4.79 Å². The van der Waals surface area contributed by atoms with Crippen LogP contribution in [0, 0.1) is 5.41 Å². The Balaban J connectivity index is 1.91. The van der Waals surface area contributed by atoms with E-state index in [1.165, 1.54) is 30.4 Å². The van der Waals surface area contributed by atoms with Crippen molar-refractivity contribution in [3.05, 3.63) is 34.9 Å². The SMILES string of the molecule is NCC1(C(=O)c2ccc3c(c2)CCCC3)CC1. The molecule has 0 atom stereocenters. The third-order valence-corrected chi connectivity index (χ3v) is 4.34. The van der Waals surface area contributed by atoms with Gasteiger partial charge in [0.2, 0.25) is 0 Å². The number of nitrogens with two attached hydrogens (primary N) is 1. The molecule has 2 aliphatic carbocycles. The van der Waals surface area contributed by atoms with Gasteiger partial charge in [0.25, 0.3) is 0 Å². The summed E-state index contributed by atoms with van der Waals surface area (Å²) in [4.78, 5) is 12.4. The second-order valence-electron chi connectivity index (χ2n) is 5.50. The molecular formula is C15H19NO. The zero-order chi connectivity index (χ0) is 11.9. The number of benzene rings is 1. The van der Waals surface area contributed by atoms with Gasteiger partial charge in [-0.2, -0.15) is 0 Å². The highest BCUT2D eigenvalue weighted by Gasteiger charge is 2.48. The fraction of sp³-hybridized carbons (Fsp3) is 0.533. The van der Waals surface area contributed by atoms with E-state index in [0.29, 0.717) is 6.54 Å². The van der Waals surface area contributed by atoms with E-state index in [2.05, 4.69) is 12.1 Å². The molecule has 0 unspecified atom stereocenters. The maximum Gasteiger partial charge on any atom is 0.170 e. The third-order valence-electron chi connectivity index (χ3n) is 4.34. The number of hydrogen-bond acceptors (Lipinski definition) is 2. The van der Waals surface area contributed by atoms with E-state index in [4.69, 9.17) is 5.73 Å². The molecule has 3 rings (SSSR count). The predicted molar refractivity (Wildman–Crippen MR) is 68.1 cm³/mol. The molecule has 0 saturated heterocycles. The Morgan fingerprint density at radius 2 is 1.88 bits per heavy atom. The lowest BCUT2D eigenvalue weighted by Crippen LogP contribution is -2.25. The van der Waals surface area contributed by atoms with Gasteiger partial charge in [-0.3, -0.25) is 4.79 Å². The van der Waals surface area contributed by atoms with Crippen LogP contribution < -0.4 is 5.73 Å². The number of carbonyl (C=O) groups excluding carboxylic acids is 1. The van der Waals surface area contributed by atoms with E-state index in [1.807, 2.05) is 6.07 Å². The third kappa shape index (κ3) is 1.81. The first kappa shape index (κ1) is 11.0. The first-order valence-electron chi connectivity index (χ1n) is 6.62. The summed E-state index contributed by atoms with van der Waals surface area (Å²) < 4.78 is 0. The molecule has 1 aromatic rings. The Bertz CT molecular complexity index is 460. The molecule has 1 fully saturated rings. The standard InChI is InChI=1S/C15H19NO/c16-10-15(7-8-15)14(17)13-6-5-11-3-1-2-4-12(11)9-13/h5-6,9H,1-4,7-8,10,16H2. The molecule has 1 saturated carbocycles. The van der Waals surface area contributed by atoms with Crippen molar-refractivity contribution in [2.75, 3.05) is 6.54 Å². The van der Waals surface area contributed by atoms with Crippen LogP contribution >= 0.6 is 0 Å². The number of fused-ring (bicyclic) bond motifs is 1. The lowest BCUT2D eigenvalue weighted by Gasteiger charge is -2.18. The Labute approximate surface area is 102 Å². The van der Waals surface area contributed by atoms with Gasteiger partial charge >= 0.3 is 0 Å². The summed E-state index contributed by atoms with van der Waals surface area (Å²) in [5, 5.41) is 0. The molecule has 0 heterocycles. The Morgan fingerprint density at radius 1 is 1.18 bits per heavy atom. The van der Waals surface area contributed by atoms with E-state index >= 15 is 0 Å². The van der Waals surface area contributed by atoms with Gasteiger partial charge in [-0.1, -0.05) is 12.1 Å². The van der Waals surface area contributed by atoms with Crippen LogP contribution in [-0.2, 0) is 12.8 Å². The zero-order valence-electron chi connectivity index (χ0n) is 10.2. The molecule has 2 aliphatic rings. The highest BCUT2D eigenvalue weighted by molar-refractivity contribution is 6.02. The van der Waals surface area contributed by atoms with Crippen molar-refractivity contribution in [1.82, 2.24) is 0 Å². The van der Waals surface area contributed by atoms with Crippen LogP contribution in [0.2, 0.25) is 0 Å². The second-order valence-corrected chi connectivity index (χ2v) is 5.50. The Morgan fingerprint density at radius 3 is 2.53 bits per heavy atom. The molecule has 2 heteroatoms. The summed E-state index contributed by atoms with van der Waals surface area (Å²) in [7, 11) is 0. The molecule has 0 aromatic heterocycles. The first-order valence-corrected chi connectivity index (χ1v) is 6.62. The lowest BCUT2D eigenvalue weighted by atomic mass is 9.87. The van der Waals surface area contributed by atoms with Crippen molar-refractivity contribution in [1.29, 1.82) is 0 Å². The van der Waals surface area contributed by atoms with Crippen LogP contribution in [-0.4, -0.2) is 12.3 Å². The average Bonchev–Trinajstić information content (AvgIpc) is 3.18. The smallest absolute Gasteiger partial charge is 0.170 e. The zero-order valence-corrected chi connectivity index (χ0v) is 10.2. The normalized spacial score (nSPS) is 20.8. The summed E-state index contributed by atoms with van der Waals surface area (Å²) in [5.74, 6) is 0.272. The van der Waals surface area contributed by atoms with Crippen LogP contribution in [0.25, 0.3) is 0 Å². The lowest BCUT2D eigenvalue weighted by molar-refractivity contribution is 0.0905. The molecule has 17 heavy (non-hydrogen) atoms. The maximum absolute atomic E-state index is 12.4. The Kier molecular flexibility index (Phi) is 2.55. The fourth-order valence-corrected chi connectivity index (χ4v) is 2.86. The van der Waals surface area contributed by atoms with Crippen molar-refractivity contribution in [2.45, 2.75) is 38.5 Å². The summed E-state index contributed by atoms with van der Waals surface area (Å²) in [5.41, 5.74) is 9.22. The summed E-state index contributed by atoms with van der Waals surface area (Å²) in [6.45, 7) is 0.503. The van der Waals surface area contributed by atoms with E-state index < -0.39 is 0 Å². The molecule has 0 spiro atoms. The number of hydrogen-bond donors (Lipinski definition) is 1. The molecular weight excluding hydrogens is 210 g/mol.